The fourth-order valence-corrected chi connectivity index (χ4v) is 2.93. The largest absolute Gasteiger partial charge is 0.334 e. The molecule has 1 aliphatic heterocycles. The van der Waals surface area contributed by atoms with Gasteiger partial charge in [0, 0.05) is 30.2 Å². The number of hydrogen-bond donors (Lipinski definition) is 2. The number of amides is 3. The van der Waals surface area contributed by atoms with Crippen LogP contribution in [0.4, 0.5) is 14.9 Å². The van der Waals surface area contributed by atoms with Crippen molar-refractivity contribution in [3.63, 3.8) is 0 Å². The van der Waals surface area contributed by atoms with Gasteiger partial charge in [0.15, 0.2) is 0 Å². The van der Waals surface area contributed by atoms with Crippen molar-refractivity contribution in [3.05, 3.63) is 64.9 Å². The molecule has 130 valence electrons. The normalized spacial score (nSPS) is 16.8. The Morgan fingerprint density at radius 2 is 1.92 bits per heavy atom. The predicted molar refractivity (Wildman–Crippen MR) is 94.0 cm³/mol. The van der Waals surface area contributed by atoms with Crippen LogP contribution in [0.2, 0.25) is 5.02 Å². The Morgan fingerprint density at radius 1 is 1.20 bits per heavy atom. The van der Waals surface area contributed by atoms with Crippen LogP contribution in [-0.2, 0) is 11.3 Å². The summed E-state index contributed by atoms with van der Waals surface area (Å²) < 4.78 is 13.0. The van der Waals surface area contributed by atoms with Crippen molar-refractivity contribution in [3.8, 4) is 0 Å². The molecule has 3 amide bonds. The highest BCUT2D eigenvalue weighted by molar-refractivity contribution is 6.31. The fraction of sp³-hybridized carbons (Fsp3) is 0.222. The molecule has 7 heteroatoms. The van der Waals surface area contributed by atoms with Crippen molar-refractivity contribution < 1.29 is 14.0 Å². The highest BCUT2D eigenvalue weighted by atomic mass is 35.5. The molecule has 5 nitrogen and oxygen atoms in total. The topological polar surface area (TPSA) is 61.4 Å². The zero-order valence-electron chi connectivity index (χ0n) is 13.3. The summed E-state index contributed by atoms with van der Waals surface area (Å²) in [7, 11) is 0. The maximum atomic E-state index is 13.0. The van der Waals surface area contributed by atoms with E-state index in [1.165, 1.54) is 12.1 Å². The first-order chi connectivity index (χ1) is 12.0. The molecule has 1 unspecified atom stereocenters. The molecule has 1 fully saturated rings. The first kappa shape index (κ1) is 17.2. The van der Waals surface area contributed by atoms with Crippen LogP contribution in [0.1, 0.15) is 12.0 Å². The number of rotatable bonds is 4. The lowest BCUT2D eigenvalue weighted by molar-refractivity contribution is -0.117. The number of anilines is 1. The second-order valence-corrected chi connectivity index (χ2v) is 6.21. The Labute approximate surface area is 149 Å². The Balaban J connectivity index is 1.53. The van der Waals surface area contributed by atoms with E-state index in [2.05, 4.69) is 10.6 Å². The molecule has 25 heavy (non-hydrogen) atoms. The monoisotopic (exact) mass is 361 g/mol. The lowest BCUT2D eigenvalue weighted by Crippen LogP contribution is -2.43. The first-order valence-corrected chi connectivity index (χ1v) is 8.24. The number of carbonyl (C=O) groups excluding carboxylic acids is 2. The zero-order chi connectivity index (χ0) is 17.8. The van der Waals surface area contributed by atoms with Crippen LogP contribution >= 0.6 is 11.6 Å². The van der Waals surface area contributed by atoms with Gasteiger partial charge in [-0.05, 0) is 35.9 Å². The van der Waals surface area contributed by atoms with Gasteiger partial charge < -0.3 is 15.5 Å². The van der Waals surface area contributed by atoms with E-state index in [1.54, 1.807) is 23.1 Å². The molecule has 1 atom stereocenters. The van der Waals surface area contributed by atoms with E-state index in [0.717, 1.165) is 5.56 Å². The van der Waals surface area contributed by atoms with Gasteiger partial charge in [-0.25, -0.2) is 9.18 Å². The molecule has 0 spiro atoms. The molecule has 1 saturated heterocycles. The minimum Gasteiger partial charge on any atom is -0.334 e. The van der Waals surface area contributed by atoms with Gasteiger partial charge in [-0.1, -0.05) is 29.8 Å². The average molecular weight is 362 g/mol. The summed E-state index contributed by atoms with van der Waals surface area (Å²) in [5.74, 6) is -0.466. The molecule has 1 aliphatic rings. The van der Waals surface area contributed by atoms with Crippen molar-refractivity contribution in [2.75, 3.05) is 11.4 Å². The lowest BCUT2D eigenvalue weighted by Gasteiger charge is -2.17. The van der Waals surface area contributed by atoms with Gasteiger partial charge in [-0.2, -0.15) is 0 Å². The summed E-state index contributed by atoms with van der Waals surface area (Å²) >= 11 is 6.05. The molecule has 0 bridgehead atoms. The van der Waals surface area contributed by atoms with Crippen LogP contribution in [0.5, 0.6) is 0 Å². The number of benzene rings is 2. The van der Waals surface area contributed by atoms with Crippen molar-refractivity contribution in [2.45, 2.75) is 19.0 Å². The average Bonchev–Trinajstić information content (AvgIpc) is 2.95. The lowest BCUT2D eigenvalue weighted by atomic mass is 10.2. The molecule has 0 saturated carbocycles. The Morgan fingerprint density at radius 3 is 2.64 bits per heavy atom. The van der Waals surface area contributed by atoms with E-state index in [9.17, 15) is 14.0 Å². The smallest absolute Gasteiger partial charge is 0.315 e. The van der Waals surface area contributed by atoms with Gasteiger partial charge in [0.05, 0.1) is 6.04 Å². The number of hydrogen-bond acceptors (Lipinski definition) is 2. The first-order valence-electron chi connectivity index (χ1n) is 7.86. The third-order valence-corrected chi connectivity index (χ3v) is 4.36. The standard InChI is InChI=1S/C18H17ClFN3O2/c19-16-4-2-1-3-12(16)10-21-18(25)22-14-9-17(24)23(11-14)15-7-5-13(20)6-8-15/h1-8,14H,9-11H2,(H2,21,22,25). The van der Waals surface area contributed by atoms with Crippen LogP contribution < -0.4 is 15.5 Å². The fourth-order valence-electron chi connectivity index (χ4n) is 2.73. The van der Waals surface area contributed by atoms with Gasteiger partial charge in [0.2, 0.25) is 5.91 Å². The van der Waals surface area contributed by atoms with Gasteiger partial charge in [-0.15, -0.1) is 0 Å². The minimum absolute atomic E-state index is 0.108. The Hall–Kier alpha value is -2.60. The maximum absolute atomic E-state index is 13.0. The third kappa shape index (κ3) is 4.28. The highest BCUT2D eigenvalue weighted by Crippen LogP contribution is 2.21. The van der Waals surface area contributed by atoms with Crippen LogP contribution in [0.25, 0.3) is 0 Å². The molecule has 0 aliphatic carbocycles. The van der Waals surface area contributed by atoms with Gasteiger partial charge in [0.25, 0.3) is 0 Å². The summed E-state index contributed by atoms with van der Waals surface area (Å²) in [4.78, 5) is 25.7. The van der Waals surface area contributed by atoms with Crippen molar-refractivity contribution >= 4 is 29.2 Å². The molecule has 1 heterocycles. The second-order valence-electron chi connectivity index (χ2n) is 5.80. The quantitative estimate of drug-likeness (QED) is 0.879. The third-order valence-electron chi connectivity index (χ3n) is 4.00. The summed E-state index contributed by atoms with van der Waals surface area (Å²) in [5.41, 5.74) is 1.43. The molecule has 0 radical (unpaired) electrons. The molecular weight excluding hydrogens is 345 g/mol. The number of halogens is 2. The molecule has 3 rings (SSSR count). The number of carbonyl (C=O) groups is 2. The molecule has 2 aromatic carbocycles. The number of nitrogens with one attached hydrogen (secondary N) is 2. The van der Waals surface area contributed by atoms with E-state index in [-0.39, 0.29) is 30.2 Å². The summed E-state index contributed by atoms with van der Waals surface area (Å²) in [6.07, 6.45) is 0.205. The number of nitrogens with zero attached hydrogens (tertiary/aromatic N) is 1. The zero-order valence-corrected chi connectivity index (χ0v) is 14.1. The summed E-state index contributed by atoms with van der Waals surface area (Å²) in [6.45, 7) is 0.651. The van der Waals surface area contributed by atoms with E-state index >= 15 is 0 Å². The highest BCUT2D eigenvalue weighted by Gasteiger charge is 2.31. The maximum Gasteiger partial charge on any atom is 0.315 e. The number of urea groups is 1. The van der Waals surface area contributed by atoms with Gasteiger partial charge in [0.1, 0.15) is 5.82 Å². The van der Waals surface area contributed by atoms with E-state index in [4.69, 9.17) is 11.6 Å². The SMILES string of the molecule is O=C(NCc1ccccc1Cl)NC1CC(=O)N(c2ccc(F)cc2)C1. The molecule has 2 N–H and O–H groups in total. The molecular formula is C18H17ClFN3O2. The van der Waals surface area contributed by atoms with E-state index < -0.39 is 0 Å². The molecule has 2 aromatic rings. The molecule has 0 aromatic heterocycles. The van der Waals surface area contributed by atoms with Crippen molar-refractivity contribution in [2.24, 2.45) is 0 Å². The van der Waals surface area contributed by atoms with Crippen LogP contribution in [0.3, 0.4) is 0 Å². The van der Waals surface area contributed by atoms with Crippen molar-refractivity contribution in [1.82, 2.24) is 10.6 Å². The summed E-state index contributed by atoms with van der Waals surface area (Å²) in [6, 6.07) is 12.3. The van der Waals surface area contributed by atoms with Crippen LogP contribution in [-0.4, -0.2) is 24.5 Å². The van der Waals surface area contributed by atoms with E-state index in [1.807, 2.05) is 18.2 Å². The van der Waals surface area contributed by atoms with Gasteiger partial charge >= 0.3 is 6.03 Å². The van der Waals surface area contributed by atoms with Gasteiger partial charge in [-0.3, -0.25) is 4.79 Å². The second kappa shape index (κ2) is 7.53. The van der Waals surface area contributed by atoms with Crippen molar-refractivity contribution in [1.29, 1.82) is 0 Å². The van der Waals surface area contributed by atoms with Crippen LogP contribution in [0, 0.1) is 5.82 Å². The predicted octanol–water partition coefficient (Wildman–Crippen LogP) is 3.08. The Bertz CT molecular complexity index is 782. The van der Waals surface area contributed by atoms with E-state index in [0.29, 0.717) is 23.8 Å². The Kier molecular flexibility index (Phi) is 5.19. The summed E-state index contributed by atoms with van der Waals surface area (Å²) in [5, 5.41) is 6.09. The van der Waals surface area contributed by atoms with Crippen LogP contribution in [0.15, 0.2) is 48.5 Å². The minimum atomic E-state index is -0.362.